The normalized spacial score (nSPS) is 10.7. The van der Waals surface area contributed by atoms with E-state index < -0.39 is 40.1 Å². The van der Waals surface area contributed by atoms with Crippen LogP contribution < -0.4 is 20.3 Å². The fraction of sp³-hybridized carbons (Fsp3) is 0. The first-order chi connectivity index (χ1) is 4.00. The monoisotopic (exact) mass is 554 g/mol. The van der Waals surface area contributed by atoms with Gasteiger partial charge in [0.15, 0.2) is 0 Å². The summed E-state index contributed by atoms with van der Waals surface area (Å²) in [6, 6.07) is 0. The minimum absolute atomic E-state index is 0. The van der Waals surface area contributed by atoms with Gasteiger partial charge < -0.3 is 0 Å². The van der Waals surface area contributed by atoms with Crippen LogP contribution in [0.4, 0.5) is 0 Å². The maximum absolute atomic E-state index is 8.64. The van der Waals surface area contributed by atoms with E-state index >= 15 is 0 Å². The first-order valence-electron chi connectivity index (χ1n) is 1.46. The van der Waals surface area contributed by atoms with Crippen molar-refractivity contribution in [2.75, 3.05) is 0 Å². The van der Waals surface area contributed by atoms with Gasteiger partial charge in [0.2, 0.25) is 0 Å². The molecule has 0 aliphatic rings. The summed E-state index contributed by atoms with van der Waals surface area (Å²) in [5, 5.41) is 0. The van der Waals surface area contributed by atoms with Crippen LogP contribution in [0.1, 0.15) is 0 Å². The van der Waals surface area contributed by atoms with Crippen molar-refractivity contribution in [3.63, 3.8) is 0 Å². The van der Waals surface area contributed by atoms with Gasteiger partial charge in [-0.15, -0.1) is 0 Å². The number of hydrogen-bond acceptors (Lipinski definition) is 8. The van der Waals surface area contributed by atoms with E-state index in [1.54, 1.807) is 0 Å². The largest absolute Gasteiger partial charge is 0 e. The van der Waals surface area contributed by atoms with Crippen molar-refractivity contribution in [3.05, 3.63) is 0 Å². The topological polar surface area (TPSA) is 172 Å². The van der Waals surface area contributed by atoms with Gasteiger partial charge in [-0.05, 0) is 0 Å². The van der Waals surface area contributed by atoms with E-state index in [0.29, 0.717) is 0 Å². The summed E-state index contributed by atoms with van der Waals surface area (Å²) in [4.78, 5) is 0. The molecule has 0 aromatic heterocycles. The maximum atomic E-state index is 8.64. The molecule has 0 bridgehead atoms. The van der Waals surface area contributed by atoms with Crippen LogP contribution in [-0.4, -0.2) is 40.1 Å². The van der Waals surface area contributed by atoms with Crippen molar-refractivity contribution in [2.45, 2.75) is 0 Å². The van der Waals surface area contributed by atoms with Gasteiger partial charge in [0.1, 0.15) is 0 Å². The van der Waals surface area contributed by atoms with Crippen LogP contribution >= 0.6 is 0 Å². The smallest absolute Gasteiger partial charge is 0 e. The predicted molar refractivity (Wildman–Crippen MR) is 12.9 cm³/mol. The van der Waals surface area contributed by atoms with E-state index in [0.717, 1.165) is 0 Å². The standard InChI is InChI=1S/8O.2Sb.W/q;;6*-1;;;. The molecule has 0 heterocycles. The molecule has 8 nitrogen and oxygen atoms in total. The molecule has 0 atom stereocenters. The second-order valence-electron chi connectivity index (χ2n) is 0.894. The van der Waals surface area contributed by atoms with Crippen LogP contribution in [-0.2, 0) is 27.1 Å². The summed E-state index contributed by atoms with van der Waals surface area (Å²) in [6.45, 7) is 0. The fourth-order valence-electron chi connectivity index (χ4n) is 0. The van der Waals surface area contributed by atoms with Crippen molar-refractivity contribution in [3.8, 4) is 0 Å². The van der Waals surface area contributed by atoms with Crippen molar-refractivity contribution in [2.24, 2.45) is 0 Å². The SMILES string of the molecule is [O]=[Sb]([O-])([O-])[O-].[O]=[Sb]([O-])([O-])[O-].[W]. The van der Waals surface area contributed by atoms with E-state index in [1.165, 1.54) is 0 Å². The average molecular weight is 555 g/mol. The molecule has 0 aromatic rings. The Labute approximate surface area is 86.5 Å². The van der Waals surface area contributed by atoms with Crippen LogP contribution in [0.3, 0.4) is 0 Å². The maximum Gasteiger partial charge on any atom is 0 e. The summed E-state index contributed by atoms with van der Waals surface area (Å²) >= 11 is -12.2. The van der Waals surface area contributed by atoms with Crippen molar-refractivity contribution in [1.82, 2.24) is 0 Å². The zero-order valence-corrected chi connectivity index (χ0v) is 12.6. The average Bonchev–Trinajstić information content (AvgIpc) is 1.12. The van der Waals surface area contributed by atoms with Crippen LogP contribution in [0.25, 0.3) is 0 Å². The molecule has 0 rings (SSSR count). The van der Waals surface area contributed by atoms with E-state index in [4.69, 9.17) is 26.3 Å². The molecule has 70 valence electrons. The second kappa shape index (κ2) is 7.12. The molecule has 0 aliphatic carbocycles. The van der Waals surface area contributed by atoms with Gasteiger partial charge in [-0.2, -0.15) is 0 Å². The molecule has 0 spiro atoms. The minimum Gasteiger partial charge on any atom is 0 e. The summed E-state index contributed by atoms with van der Waals surface area (Å²) < 4.78 is 69.1. The number of hydrogen-bond donors (Lipinski definition) is 0. The molecule has 0 saturated heterocycles. The van der Waals surface area contributed by atoms with Crippen LogP contribution in [0, 0.1) is 0 Å². The Morgan fingerprint density at radius 2 is 0.636 bits per heavy atom. The van der Waals surface area contributed by atoms with Crippen molar-refractivity contribution < 1.29 is 47.4 Å². The molecular formula is O8Sb2W-6. The first-order valence-corrected chi connectivity index (χ1v) is 9.80. The Morgan fingerprint density at radius 3 is 0.636 bits per heavy atom. The molecule has 0 aliphatic heterocycles. The van der Waals surface area contributed by atoms with Gasteiger partial charge in [0.25, 0.3) is 0 Å². The Hall–Kier alpha value is 1.68. The Balaban J connectivity index is -0.000000107. The van der Waals surface area contributed by atoms with Gasteiger partial charge in [-0.3, -0.25) is 0 Å². The van der Waals surface area contributed by atoms with E-state index in [1.807, 2.05) is 0 Å². The van der Waals surface area contributed by atoms with Gasteiger partial charge in [-0.25, -0.2) is 0 Å². The first kappa shape index (κ1) is 18.5. The zero-order valence-electron chi connectivity index (χ0n) is 4.57. The molecule has 0 unspecified atom stereocenters. The molecule has 0 fully saturated rings. The third-order valence-electron chi connectivity index (χ3n) is 0. The fourth-order valence-corrected chi connectivity index (χ4v) is 0. The van der Waals surface area contributed by atoms with Gasteiger partial charge in [-0.1, -0.05) is 0 Å². The van der Waals surface area contributed by atoms with E-state index in [2.05, 4.69) is 0 Å². The number of rotatable bonds is 0. The van der Waals surface area contributed by atoms with E-state index in [-0.39, 0.29) is 21.1 Å². The summed E-state index contributed by atoms with van der Waals surface area (Å²) in [7, 11) is 0. The molecule has 0 radical (unpaired) electrons. The molecular weight excluding hydrogens is 555 g/mol. The van der Waals surface area contributed by atoms with Crippen molar-refractivity contribution in [1.29, 1.82) is 0 Å². The van der Waals surface area contributed by atoms with Crippen molar-refractivity contribution >= 4 is 40.1 Å². The molecule has 11 heavy (non-hydrogen) atoms. The minimum atomic E-state index is -6.10. The van der Waals surface area contributed by atoms with Gasteiger partial charge >= 0.3 is 66.5 Å². The molecule has 11 heteroatoms. The quantitative estimate of drug-likeness (QED) is 0.265. The Morgan fingerprint density at radius 1 is 0.636 bits per heavy atom. The van der Waals surface area contributed by atoms with Gasteiger partial charge in [0, 0.05) is 21.1 Å². The predicted octanol–water partition coefficient (Wildman–Crippen LogP) is -8.14. The van der Waals surface area contributed by atoms with Crippen LogP contribution in [0.2, 0.25) is 0 Å². The molecule has 0 saturated carbocycles. The molecule has 0 aromatic carbocycles. The second-order valence-corrected chi connectivity index (χ2v) is 6.00. The summed E-state index contributed by atoms with van der Waals surface area (Å²) in [5.74, 6) is 0. The van der Waals surface area contributed by atoms with Crippen LogP contribution in [0.15, 0.2) is 0 Å². The summed E-state index contributed by atoms with van der Waals surface area (Å²) in [6.07, 6.45) is 0. The Kier molecular flexibility index (Phi) is 12.0. The van der Waals surface area contributed by atoms with Gasteiger partial charge in [0.05, 0.1) is 0 Å². The molecule has 0 N–H and O–H groups in total. The molecule has 0 amide bonds. The van der Waals surface area contributed by atoms with Crippen LogP contribution in [0.5, 0.6) is 0 Å². The zero-order chi connectivity index (χ0) is 9.00. The Bertz CT molecular complexity index is 124. The third-order valence-corrected chi connectivity index (χ3v) is 0. The summed E-state index contributed by atoms with van der Waals surface area (Å²) in [5.41, 5.74) is 0. The third kappa shape index (κ3) is 386. The van der Waals surface area contributed by atoms with E-state index in [9.17, 15) is 0 Å².